The third-order valence-corrected chi connectivity index (χ3v) is 1.01. The molecule has 0 spiro atoms. The molecule has 1 unspecified atom stereocenters. The lowest BCUT2D eigenvalue weighted by atomic mass is 10.2. The van der Waals surface area contributed by atoms with Gasteiger partial charge in [0.15, 0.2) is 0 Å². The smallest absolute Gasteiger partial charge is 0.230 e. The molecule has 0 N–H and O–H groups in total. The third-order valence-electron chi connectivity index (χ3n) is 1.01. The van der Waals surface area contributed by atoms with Crippen molar-refractivity contribution in [2.24, 2.45) is 0 Å². The van der Waals surface area contributed by atoms with E-state index in [4.69, 9.17) is 0 Å². The van der Waals surface area contributed by atoms with E-state index in [-0.39, 0.29) is 6.08 Å². The van der Waals surface area contributed by atoms with Crippen molar-refractivity contribution in [3.05, 3.63) is 12.2 Å². The van der Waals surface area contributed by atoms with Crippen LogP contribution in [0.15, 0.2) is 12.2 Å². The molecule has 0 saturated heterocycles. The number of rotatable bonds is 2. The fourth-order valence-electron chi connectivity index (χ4n) is 0.525. The Balaban J connectivity index is 4.56. The van der Waals surface area contributed by atoms with Crippen LogP contribution in [0.4, 0.5) is 26.3 Å². The van der Waals surface area contributed by atoms with Gasteiger partial charge in [-0.25, -0.2) is 4.39 Å². The molecule has 0 saturated carbocycles. The van der Waals surface area contributed by atoms with Gasteiger partial charge in [0.25, 0.3) is 6.17 Å². The second kappa shape index (κ2) is 3.37. The lowest BCUT2D eigenvalue weighted by Crippen LogP contribution is -2.40. The van der Waals surface area contributed by atoms with Crippen LogP contribution >= 0.6 is 0 Å². The highest BCUT2D eigenvalue weighted by Gasteiger charge is 2.55. The standard InChI is InChI=1S/C6H6F6/c1-2-3-5(8,9)4(7)6(10,11)12/h2-4H,1H3/b3-2+. The molecule has 0 nitrogen and oxygen atoms in total. The van der Waals surface area contributed by atoms with Crippen molar-refractivity contribution < 1.29 is 26.3 Å². The Kier molecular flexibility index (Phi) is 3.17. The lowest BCUT2D eigenvalue weighted by molar-refractivity contribution is -0.230. The topological polar surface area (TPSA) is 0 Å². The Bertz CT molecular complexity index is 167. The molecule has 1 atom stereocenters. The highest BCUT2D eigenvalue weighted by molar-refractivity contribution is 4.99. The normalized spacial score (nSPS) is 16.9. The zero-order chi connectivity index (χ0) is 9.99. The Morgan fingerprint density at radius 3 is 1.75 bits per heavy atom. The van der Waals surface area contributed by atoms with Crippen LogP contribution in [0.2, 0.25) is 0 Å². The summed E-state index contributed by atoms with van der Waals surface area (Å²) in [7, 11) is 0. The Labute approximate surface area is 64.9 Å². The molecular weight excluding hydrogens is 186 g/mol. The fraction of sp³-hybridized carbons (Fsp3) is 0.667. The molecule has 0 aliphatic rings. The van der Waals surface area contributed by atoms with Crippen molar-refractivity contribution >= 4 is 0 Å². The number of alkyl halides is 6. The maximum atomic E-state index is 12.1. The maximum absolute atomic E-state index is 12.1. The third kappa shape index (κ3) is 2.75. The summed E-state index contributed by atoms with van der Waals surface area (Å²) >= 11 is 0. The van der Waals surface area contributed by atoms with Gasteiger partial charge in [-0.1, -0.05) is 6.08 Å². The van der Waals surface area contributed by atoms with E-state index >= 15 is 0 Å². The van der Waals surface area contributed by atoms with Gasteiger partial charge in [0.05, 0.1) is 0 Å². The first kappa shape index (κ1) is 11.3. The first-order valence-corrected chi connectivity index (χ1v) is 2.94. The van der Waals surface area contributed by atoms with Crippen molar-refractivity contribution in [3.8, 4) is 0 Å². The largest absolute Gasteiger partial charge is 0.426 e. The molecule has 0 rings (SSSR count). The van der Waals surface area contributed by atoms with Gasteiger partial charge in [0.1, 0.15) is 0 Å². The molecule has 0 aliphatic heterocycles. The summed E-state index contributed by atoms with van der Waals surface area (Å²) in [5.41, 5.74) is 0. The van der Waals surface area contributed by atoms with Crippen LogP contribution in [-0.4, -0.2) is 18.3 Å². The molecule has 0 radical (unpaired) electrons. The van der Waals surface area contributed by atoms with Gasteiger partial charge in [-0.05, 0) is 13.0 Å². The average Bonchev–Trinajstić information content (AvgIpc) is 1.84. The fourth-order valence-corrected chi connectivity index (χ4v) is 0.525. The molecule has 0 bridgehead atoms. The van der Waals surface area contributed by atoms with Crippen LogP contribution in [0.25, 0.3) is 0 Å². The van der Waals surface area contributed by atoms with Gasteiger partial charge >= 0.3 is 12.1 Å². The molecule has 0 aromatic heterocycles. The number of hydrogen-bond donors (Lipinski definition) is 0. The quantitative estimate of drug-likeness (QED) is 0.465. The zero-order valence-electron chi connectivity index (χ0n) is 6.00. The van der Waals surface area contributed by atoms with Gasteiger partial charge in [-0.15, -0.1) is 0 Å². The molecular formula is C6H6F6. The summed E-state index contributed by atoms with van der Waals surface area (Å²) in [5.74, 6) is -4.48. The van der Waals surface area contributed by atoms with Crippen LogP contribution < -0.4 is 0 Å². The van der Waals surface area contributed by atoms with Crippen molar-refractivity contribution in [2.75, 3.05) is 0 Å². The minimum absolute atomic E-state index is 0.120. The molecule has 0 fully saturated rings. The second-order valence-electron chi connectivity index (χ2n) is 2.08. The summed E-state index contributed by atoms with van der Waals surface area (Å²) in [6.45, 7) is 1.08. The van der Waals surface area contributed by atoms with Crippen LogP contribution in [0.5, 0.6) is 0 Å². The van der Waals surface area contributed by atoms with Crippen molar-refractivity contribution in [3.63, 3.8) is 0 Å². The van der Waals surface area contributed by atoms with Crippen LogP contribution in [0.1, 0.15) is 6.92 Å². The van der Waals surface area contributed by atoms with Gasteiger partial charge in [-0.3, -0.25) is 0 Å². The van der Waals surface area contributed by atoms with E-state index in [1.54, 1.807) is 0 Å². The van der Waals surface area contributed by atoms with Crippen molar-refractivity contribution in [2.45, 2.75) is 25.2 Å². The van der Waals surface area contributed by atoms with E-state index in [9.17, 15) is 26.3 Å². The van der Waals surface area contributed by atoms with Crippen LogP contribution in [0, 0.1) is 0 Å². The predicted octanol–water partition coefficient (Wildman–Crippen LogP) is 3.10. The first-order chi connectivity index (χ1) is 5.22. The highest BCUT2D eigenvalue weighted by atomic mass is 19.4. The van der Waals surface area contributed by atoms with Gasteiger partial charge in [0.2, 0.25) is 0 Å². The van der Waals surface area contributed by atoms with Gasteiger partial charge < -0.3 is 0 Å². The SMILES string of the molecule is C/C=C/C(F)(F)C(F)C(F)(F)F. The Morgan fingerprint density at radius 1 is 1.08 bits per heavy atom. The van der Waals surface area contributed by atoms with E-state index in [2.05, 4.69) is 0 Å². The number of hydrogen-bond acceptors (Lipinski definition) is 0. The van der Waals surface area contributed by atoms with Gasteiger partial charge in [-0.2, -0.15) is 22.0 Å². The molecule has 72 valence electrons. The molecule has 0 heterocycles. The molecule has 6 heteroatoms. The number of allylic oxidation sites excluding steroid dienone is 2. The van der Waals surface area contributed by atoms with E-state index in [1.807, 2.05) is 0 Å². The Hall–Kier alpha value is -0.680. The number of halogens is 6. The average molecular weight is 192 g/mol. The summed E-state index contributed by atoms with van der Waals surface area (Å²) in [4.78, 5) is 0. The summed E-state index contributed by atoms with van der Waals surface area (Å²) in [6, 6.07) is 0. The molecule has 0 aliphatic carbocycles. The predicted molar refractivity (Wildman–Crippen MR) is 30.7 cm³/mol. The maximum Gasteiger partial charge on any atom is 0.426 e. The zero-order valence-corrected chi connectivity index (χ0v) is 6.00. The van der Waals surface area contributed by atoms with Gasteiger partial charge in [0, 0.05) is 0 Å². The second-order valence-corrected chi connectivity index (χ2v) is 2.08. The van der Waals surface area contributed by atoms with Crippen LogP contribution in [0.3, 0.4) is 0 Å². The monoisotopic (exact) mass is 192 g/mol. The first-order valence-electron chi connectivity index (χ1n) is 2.94. The molecule has 12 heavy (non-hydrogen) atoms. The van der Waals surface area contributed by atoms with E-state index in [0.29, 0.717) is 6.08 Å². The van der Waals surface area contributed by atoms with E-state index in [0.717, 1.165) is 6.92 Å². The summed E-state index contributed by atoms with van der Waals surface area (Å²) < 4.78 is 70.3. The minimum Gasteiger partial charge on any atom is -0.230 e. The minimum atomic E-state index is -5.52. The molecule has 0 aromatic rings. The van der Waals surface area contributed by atoms with E-state index in [1.165, 1.54) is 0 Å². The lowest BCUT2D eigenvalue weighted by Gasteiger charge is -2.19. The highest BCUT2D eigenvalue weighted by Crippen LogP contribution is 2.35. The van der Waals surface area contributed by atoms with Crippen molar-refractivity contribution in [1.29, 1.82) is 0 Å². The van der Waals surface area contributed by atoms with E-state index < -0.39 is 18.3 Å². The van der Waals surface area contributed by atoms with Crippen LogP contribution in [-0.2, 0) is 0 Å². The summed E-state index contributed by atoms with van der Waals surface area (Å²) in [5, 5.41) is 0. The van der Waals surface area contributed by atoms with Crippen molar-refractivity contribution in [1.82, 2.24) is 0 Å². The molecule has 0 amide bonds. The molecule has 0 aromatic carbocycles. The summed E-state index contributed by atoms with van der Waals surface area (Å²) in [6.07, 6.45) is -9.12. The Morgan fingerprint density at radius 2 is 1.50 bits per heavy atom.